The van der Waals surface area contributed by atoms with E-state index in [1.807, 2.05) is 31.2 Å². The van der Waals surface area contributed by atoms with E-state index in [0.29, 0.717) is 42.4 Å². The maximum absolute atomic E-state index is 12.3. The Labute approximate surface area is 156 Å². The number of anilines is 1. The normalized spacial score (nSPS) is 12.8. The first-order valence-corrected chi connectivity index (χ1v) is 8.91. The molecule has 0 radical (unpaired) electrons. The van der Waals surface area contributed by atoms with E-state index in [1.54, 1.807) is 18.2 Å². The lowest BCUT2D eigenvalue weighted by Crippen LogP contribution is -2.18. The van der Waals surface area contributed by atoms with Gasteiger partial charge in [-0.25, -0.2) is 0 Å². The lowest BCUT2D eigenvalue weighted by atomic mass is 10.1. The largest absolute Gasteiger partial charge is 0.486 e. The van der Waals surface area contributed by atoms with Crippen molar-refractivity contribution in [3.8, 4) is 11.5 Å². The predicted octanol–water partition coefficient (Wildman–Crippen LogP) is 3.18. The number of carbonyl (C=O) groups is 1. The summed E-state index contributed by atoms with van der Waals surface area (Å²) in [4.78, 5) is 27.5. The van der Waals surface area contributed by atoms with Crippen LogP contribution in [0.1, 0.15) is 17.5 Å². The van der Waals surface area contributed by atoms with Crippen molar-refractivity contribution in [1.29, 1.82) is 0 Å². The SMILES string of the molecule is Cc1cccc2cc(CCC(=O)Nc3ccc4c(c3)OCCO4)c(=O)[nH]c12. The van der Waals surface area contributed by atoms with Gasteiger partial charge in [-0.05, 0) is 42.5 Å². The molecule has 0 aliphatic carbocycles. The monoisotopic (exact) mass is 364 g/mol. The fraction of sp³-hybridized carbons (Fsp3) is 0.238. The molecule has 138 valence electrons. The van der Waals surface area contributed by atoms with Gasteiger partial charge < -0.3 is 19.8 Å². The van der Waals surface area contributed by atoms with E-state index in [0.717, 1.165) is 16.5 Å². The Hall–Kier alpha value is -3.28. The number of nitrogens with one attached hydrogen (secondary N) is 2. The highest BCUT2D eigenvalue weighted by molar-refractivity contribution is 5.91. The molecule has 1 aromatic heterocycles. The second-order valence-electron chi connectivity index (χ2n) is 6.57. The number of benzene rings is 2. The van der Waals surface area contributed by atoms with Gasteiger partial charge in [0.25, 0.3) is 5.56 Å². The van der Waals surface area contributed by atoms with Gasteiger partial charge in [0.1, 0.15) is 13.2 Å². The third kappa shape index (κ3) is 3.65. The Kier molecular flexibility index (Phi) is 4.54. The Balaban J connectivity index is 1.44. The molecule has 1 aliphatic heterocycles. The van der Waals surface area contributed by atoms with Crippen LogP contribution in [0.15, 0.2) is 47.3 Å². The molecule has 0 saturated heterocycles. The van der Waals surface area contributed by atoms with Gasteiger partial charge in [0.2, 0.25) is 5.91 Å². The molecule has 3 aromatic rings. The van der Waals surface area contributed by atoms with Crippen LogP contribution in [0.5, 0.6) is 11.5 Å². The maximum Gasteiger partial charge on any atom is 0.251 e. The fourth-order valence-corrected chi connectivity index (χ4v) is 3.21. The van der Waals surface area contributed by atoms with Crippen LogP contribution in [0.4, 0.5) is 5.69 Å². The first-order chi connectivity index (χ1) is 13.1. The Bertz CT molecular complexity index is 1070. The molecule has 2 aromatic carbocycles. The number of hydrogen-bond donors (Lipinski definition) is 2. The molecule has 6 nitrogen and oxygen atoms in total. The molecule has 2 N–H and O–H groups in total. The van der Waals surface area contributed by atoms with Crippen LogP contribution >= 0.6 is 0 Å². The molecule has 2 heterocycles. The van der Waals surface area contributed by atoms with E-state index >= 15 is 0 Å². The minimum Gasteiger partial charge on any atom is -0.486 e. The summed E-state index contributed by atoms with van der Waals surface area (Å²) in [6.07, 6.45) is 0.588. The average Bonchev–Trinajstić information content (AvgIpc) is 2.67. The molecular weight excluding hydrogens is 344 g/mol. The van der Waals surface area contributed by atoms with Crippen LogP contribution in [-0.4, -0.2) is 24.1 Å². The summed E-state index contributed by atoms with van der Waals surface area (Å²) < 4.78 is 11.0. The van der Waals surface area contributed by atoms with Crippen LogP contribution in [0.25, 0.3) is 10.9 Å². The van der Waals surface area contributed by atoms with Crippen molar-refractivity contribution in [3.63, 3.8) is 0 Å². The molecule has 0 unspecified atom stereocenters. The number of ether oxygens (including phenoxy) is 2. The van der Waals surface area contributed by atoms with Crippen molar-refractivity contribution in [2.45, 2.75) is 19.8 Å². The van der Waals surface area contributed by atoms with Crippen LogP contribution in [0.2, 0.25) is 0 Å². The summed E-state index contributed by atoms with van der Waals surface area (Å²) in [6, 6.07) is 13.0. The van der Waals surface area contributed by atoms with Gasteiger partial charge >= 0.3 is 0 Å². The van der Waals surface area contributed by atoms with Gasteiger partial charge in [-0.1, -0.05) is 18.2 Å². The predicted molar refractivity (Wildman–Crippen MR) is 104 cm³/mol. The molecule has 4 rings (SSSR count). The molecule has 0 fully saturated rings. The van der Waals surface area contributed by atoms with Gasteiger partial charge in [-0.15, -0.1) is 0 Å². The molecule has 1 aliphatic rings. The van der Waals surface area contributed by atoms with Crippen molar-refractivity contribution in [1.82, 2.24) is 4.98 Å². The van der Waals surface area contributed by atoms with Crippen LogP contribution in [-0.2, 0) is 11.2 Å². The van der Waals surface area contributed by atoms with E-state index in [9.17, 15) is 9.59 Å². The molecule has 1 amide bonds. The molecular formula is C21H20N2O4. The third-order valence-electron chi connectivity index (χ3n) is 4.61. The topological polar surface area (TPSA) is 80.4 Å². The van der Waals surface area contributed by atoms with Crippen molar-refractivity contribution in [3.05, 3.63) is 63.9 Å². The summed E-state index contributed by atoms with van der Waals surface area (Å²) in [5.41, 5.74) is 2.96. The summed E-state index contributed by atoms with van der Waals surface area (Å²) in [5.74, 6) is 1.15. The van der Waals surface area contributed by atoms with Crippen LogP contribution in [0.3, 0.4) is 0 Å². The fourth-order valence-electron chi connectivity index (χ4n) is 3.21. The zero-order valence-corrected chi connectivity index (χ0v) is 15.0. The maximum atomic E-state index is 12.3. The van der Waals surface area contributed by atoms with Crippen molar-refractivity contribution < 1.29 is 14.3 Å². The summed E-state index contributed by atoms with van der Waals surface area (Å²) >= 11 is 0. The van der Waals surface area contributed by atoms with E-state index in [2.05, 4.69) is 10.3 Å². The summed E-state index contributed by atoms with van der Waals surface area (Å²) in [5, 5.41) is 3.81. The van der Waals surface area contributed by atoms with E-state index in [4.69, 9.17) is 9.47 Å². The smallest absolute Gasteiger partial charge is 0.251 e. The third-order valence-corrected chi connectivity index (χ3v) is 4.61. The molecule has 0 spiro atoms. The Morgan fingerprint density at radius 1 is 1.11 bits per heavy atom. The number of fused-ring (bicyclic) bond motifs is 2. The average molecular weight is 364 g/mol. The van der Waals surface area contributed by atoms with Crippen molar-refractivity contribution in [2.75, 3.05) is 18.5 Å². The number of hydrogen-bond acceptors (Lipinski definition) is 4. The molecule has 0 saturated carbocycles. The number of pyridine rings is 1. The number of H-pyrrole nitrogens is 1. The van der Waals surface area contributed by atoms with Crippen LogP contribution < -0.4 is 20.3 Å². The van der Waals surface area contributed by atoms with Gasteiger partial charge in [-0.2, -0.15) is 0 Å². The number of aryl methyl sites for hydroxylation is 2. The van der Waals surface area contributed by atoms with E-state index in [1.165, 1.54) is 0 Å². The molecule has 0 atom stereocenters. The first kappa shape index (κ1) is 17.1. The second-order valence-corrected chi connectivity index (χ2v) is 6.57. The number of amides is 1. The minimum absolute atomic E-state index is 0.149. The number of carbonyl (C=O) groups excluding carboxylic acids is 1. The number of aromatic nitrogens is 1. The first-order valence-electron chi connectivity index (χ1n) is 8.91. The van der Waals surface area contributed by atoms with Gasteiger partial charge in [-0.3, -0.25) is 9.59 Å². The molecule has 6 heteroatoms. The second kappa shape index (κ2) is 7.15. The van der Waals surface area contributed by atoms with E-state index < -0.39 is 0 Å². The lowest BCUT2D eigenvalue weighted by Gasteiger charge is -2.19. The number of aromatic amines is 1. The zero-order chi connectivity index (χ0) is 18.8. The Morgan fingerprint density at radius 2 is 1.93 bits per heavy atom. The van der Waals surface area contributed by atoms with E-state index in [-0.39, 0.29) is 17.9 Å². The van der Waals surface area contributed by atoms with Crippen LogP contribution in [0, 0.1) is 6.92 Å². The molecule has 27 heavy (non-hydrogen) atoms. The lowest BCUT2D eigenvalue weighted by molar-refractivity contribution is -0.116. The minimum atomic E-state index is -0.157. The number of para-hydroxylation sites is 1. The summed E-state index contributed by atoms with van der Waals surface area (Å²) in [7, 11) is 0. The molecule has 0 bridgehead atoms. The number of rotatable bonds is 4. The van der Waals surface area contributed by atoms with Gasteiger partial charge in [0.15, 0.2) is 11.5 Å². The van der Waals surface area contributed by atoms with Crippen molar-refractivity contribution >= 4 is 22.5 Å². The van der Waals surface area contributed by atoms with Gasteiger partial charge in [0, 0.05) is 23.7 Å². The quantitative estimate of drug-likeness (QED) is 0.745. The highest BCUT2D eigenvalue weighted by Crippen LogP contribution is 2.32. The van der Waals surface area contributed by atoms with Gasteiger partial charge in [0.05, 0.1) is 5.52 Å². The van der Waals surface area contributed by atoms with Crippen molar-refractivity contribution in [2.24, 2.45) is 0 Å². The highest BCUT2D eigenvalue weighted by Gasteiger charge is 2.13. The zero-order valence-electron chi connectivity index (χ0n) is 15.0. The summed E-state index contributed by atoms with van der Waals surface area (Å²) in [6.45, 7) is 2.98. The highest BCUT2D eigenvalue weighted by atomic mass is 16.6. The standard InChI is InChI=1S/C21H20N2O4/c1-13-3-2-4-14-11-15(21(25)23-20(13)14)5-8-19(24)22-16-6-7-17-18(12-16)27-10-9-26-17/h2-4,6-7,11-12H,5,8-10H2,1H3,(H,22,24)(H,23,25). The Morgan fingerprint density at radius 3 is 2.78 bits per heavy atom.